The van der Waals surface area contributed by atoms with Crippen molar-refractivity contribution in [2.24, 2.45) is 0 Å². The Morgan fingerprint density at radius 3 is 1.33 bits per heavy atom. The van der Waals surface area contributed by atoms with Crippen molar-refractivity contribution in [2.75, 3.05) is 9.80 Å². The van der Waals surface area contributed by atoms with Gasteiger partial charge in [-0.3, -0.25) is 0 Å². The van der Waals surface area contributed by atoms with Gasteiger partial charge in [0, 0.05) is 39.2 Å². The van der Waals surface area contributed by atoms with E-state index < -0.39 is 5.41 Å². The molecule has 1 aliphatic rings. The van der Waals surface area contributed by atoms with Gasteiger partial charge >= 0.3 is 0 Å². The summed E-state index contributed by atoms with van der Waals surface area (Å²) >= 11 is 0. The van der Waals surface area contributed by atoms with E-state index in [0.29, 0.717) is 11.8 Å². The van der Waals surface area contributed by atoms with Gasteiger partial charge in [-0.2, -0.15) is 0 Å². The standard InChI is InChI=1S/C57H48F2N2/c1-35(2)37-15-23-41(24-16-37)60(42-27-19-39(58)20-28-42)45-31-32-50-51(33-45)46-11-7-9-13-48(46)55-54-49-14-10-8-12-47(49)53(34-52(54)57(5,6)56(50)55)61(44-29-21-40(59)22-30-44)43-25-17-38(18-26-43)36(3)4/h7-36H,1-6H3. The third kappa shape index (κ3) is 6.36. The van der Waals surface area contributed by atoms with Crippen LogP contribution in [0.3, 0.4) is 0 Å². The molecule has 0 unspecified atom stereocenters. The first-order chi connectivity index (χ1) is 29.5. The first kappa shape index (κ1) is 38.4. The van der Waals surface area contributed by atoms with Crippen LogP contribution >= 0.6 is 0 Å². The first-order valence-corrected chi connectivity index (χ1v) is 21.4. The van der Waals surface area contributed by atoms with E-state index in [0.717, 1.165) is 39.5 Å². The molecule has 4 heteroatoms. The molecular weight excluding hydrogens is 751 g/mol. The minimum absolute atomic E-state index is 0.263. The van der Waals surface area contributed by atoms with Crippen molar-refractivity contribution in [1.82, 2.24) is 0 Å². The molecule has 0 aliphatic heterocycles. The molecule has 0 saturated heterocycles. The monoisotopic (exact) mass is 798 g/mol. The lowest BCUT2D eigenvalue weighted by atomic mass is 9.79. The van der Waals surface area contributed by atoms with Crippen LogP contribution in [0.15, 0.2) is 170 Å². The van der Waals surface area contributed by atoms with Gasteiger partial charge in [-0.25, -0.2) is 8.78 Å². The number of hydrogen-bond donors (Lipinski definition) is 0. The molecular formula is C57H48F2N2. The smallest absolute Gasteiger partial charge is 0.123 e. The summed E-state index contributed by atoms with van der Waals surface area (Å²) < 4.78 is 28.9. The van der Waals surface area contributed by atoms with Crippen LogP contribution in [0.5, 0.6) is 0 Å². The first-order valence-electron chi connectivity index (χ1n) is 21.4. The minimum Gasteiger partial charge on any atom is -0.310 e. The molecule has 0 atom stereocenters. The lowest BCUT2D eigenvalue weighted by Gasteiger charge is -2.30. The SMILES string of the molecule is CC(C)c1ccc(N(c2ccc(F)cc2)c2ccc3c4c(c5ccccc5c3c2)-c2c(cc(N(c3ccc(F)cc3)c3ccc(C(C)C)cc3)c3ccccc23)C4(C)C)cc1. The fourth-order valence-electron chi connectivity index (χ4n) is 9.74. The molecule has 0 bridgehead atoms. The molecule has 2 nitrogen and oxygen atoms in total. The van der Waals surface area contributed by atoms with Crippen LogP contribution in [-0.2, 0) is 5.41 Å². The molecule has 0 aromatic heterocycles. The van der Waals surface area contributed by atoms with E-state index in [-0.39, 0.29) is 11.6 Å². The molecule has 61 heavy (non-hydrogen) atoms. The Kier molecular flexibility index (Phi) is 9.29. The number of hydrogen-bond acceptors (Lipinski definition) is 2. The zero-order valence-electron chi connectivity index (χ0n) is 35.5. The van der Waals surface area contributed by atoms with E-state index in [2.05, 4.69) is 173 Å². The van der Waals surface area contributed by atoms with Crippen molar-refractivity contribution in [2.45, 2.75) is 58.8 Å². The van der Waals surface area contributed by atoms with Gasteiger partial charge in [-0.05, 0) is 163 Å². The summed E-state index contributed by atoms with van der Waals surface area (Å²) in [6.07, 6.45) is 0. The summed E-state index contributed by atoms with van der Waals surface area (Å²) in [5.74, 6) is 0.281. The summed E-state index contributed by atoms with van der Waals surface area (Å²) in [6, 6.07) is 57.9. The van der Waals surface area contributed by atoms with E-state index in [4.69, 9.17) is 0 Å². The van der Waals surface area contributed by atoms with Crippen molar-refractivity contribution in [3.8, 4) is 11.1 Å². The Morgan fingerprint density at radius 2 is 0.820 bits per heavy atom. The van der Waals surface area contributed by atoms with Gasteiger partial charge < -0.3 is 9.80 Å². The van der Waals surface area contributed by atoms with E-state index in [9.17, 15) is 8.78 Å². The van der Waals surface area contributed by atoms with Crippen molar-refractivity contribution >= 4 is 66.4 Å². The average Bonchev–Trinajstić information content (AvgIpc) is 3.52. The van der Waals surface area contributed by atoms with E-state index >= 15 is 0 Å². The summed E-state index contributed by atoms with van der Waals surface area (Å²) in [5.41, 5.74) is 13.1. The number of rotatable bonds is 8. The maximum atomic E-state index is 14.5. The number of halogens is 2. The van der Waals surface area contributed by atoms with E-state index in [1.165, 1.54) is 72.4 Å². The van der Waals surface area contributed by atoms with Crippen LogP contribution in [0.25, 0.3) is 43.4 Å². The highest BCUT2D eigenvalue weighted by Crippen LogP contribution is 2.59. The highest BCUT2D eigenvalue weighted by atomic mass is 19.1. The molecule has 0 heterocycles. The summed E-state index contributed by atoms with van der Waals surface area (Å²) in [4.78, 5) is 4.51. The highest BCUT2D eigenvalue weighted by molar-refractivity contribution is 6.23. The molecule has 0 spiro atoms. The van der Waals surface area contributed by atoms with Crippen LogP contribution in [0.2, 0.25) is 0 Å². The van der Waals surface area contributed by atoms with Crippen molar-refractivity contribution in [1.29, 1.82) is 0 Å². The molecule has 1 aliphatic carbocycles. The molecule has 0 N–H and O–H groups in total. The fraction of sp³-hybridized carbons (Fsp3) is 0.158. The Hall–Kier alpha value is -6.78. The van der Waals surface area contributed by atoms with E-state index in [1.54, 1.807) is 12.1 Å². The molecule has 9 aromatic rings. The zero-order chi connectivity index (χ0) is 42.2. The van der Waals surface area contributed by atoms with Crippen molar-refractivity contribution in [3.63, 3.8) is 0 Å². The Bertz CT molecular complexity index is 3110. The normalized spacial score (nSPS) is 13.0. The van der Waals surface area contributed by atoms with Crippen LogP contribution in [0.4, 0.5) is 42.9 Å². The molecule has 9 aromatic carbocycles. The maximum absolute atomic E-state index is 14.5. The molecule has 300 valence electrons. The average molecular weight is 799 g/mol. The van der Waals surface area contributed by atoms with Gasteiger partial charge in [0.05, 0.1) is 5.69 Å². The second kappa shape index (κ2) is 14.7. The third-order valence-electron chi connectivity index (χ3n) is 12.9. The van der Waals surface area contributed by atoms with Gasteiger partial charge in [0.2, 0.25) is 0 Å². The molecule has 0 amide bonds. The fourth-order valence-corrected chi connectivity index (χ4v) is 9.74. The largest absolute Gasteiger partial charge is 0.310 e. The van der Waals surface area contributed by atoms with Gasteiger partial charge in [0.1, 0.15) is 11.6 Å². The number of nitrogens with zero attached hydrogens (tertiary/aromatic N) is 2. The van der Waals surface area contributed by atoms with Crippen LogP contribution in [0, 0.1) is 11.6 Å². The van der Waals surface area contributed by atoms with Gasteiger partial charge in [-0.15, -0.1) is 0 Å². The number of benzene rings is 9. The lowest BCUT2D eigenvalue weighted by Crippen LogP contribution is -2.17. The summed E-state index contributed by atoms with van der Waals surface area (Å²) in [5, 5.41) is 7.07. The van der Waals surface area contributed by atoms with Crippen LogP contribution in [-0.4, -0.2) is 0 Å². The molecule has 0 fully saturated rings. The molecule has 0 radical (unpaired) electrons. The molecule has 10 rings (SSSR count). The van der Waals surface area contributed by atoms with Gasteiger partial charge in [0.15, 0.2) is 0 Å². The topological polar surface area (TPSA) is 6.48 Å². The quantitative estimate of drug-likeness (QED) is 0.141. The molecule has 0 saturated carbocycles. The zero-order valence-corrected chi connectivity index (χ0v) is 35.5. The predicted molar refractivity (Wildman–Crippen MR) is 254 cm³/mol. The Morgan fingerprint density at radius 1 is 0.393 bits per heavy atom. The Balaban J connectivity index is 1.22. The van der Waals surface area contributed by atoms with E-state index in [1.807, 2.05) is 24.3 Å². The van der Waals surface area contributed by atoms with Gasteiger partial charge in [-0.1, -0.05) is 120 Å². The summed E-state index contributed by atoms with van der Waals surface area (Å²) in [6.45, 7) is 13.5. The minimum atomic E-state index is -0.396. The predicted octanol–water partition coefficient (Wildman–Crippen LogP) is 16.9. The summed E-state index contributed by atoms with van der Waals surface area (Å²) in [7, 11) is 0. The van der Waals surface area contributed by atoms with Crippen LogP contribution < -0.4 is 9.80 Å². The number of anilines is 6. The lowest BCUT2D eigenvalue weighted by molar-refractivity contribution is 0.627. The van der Waals surface area contributed by atoms with Gasteiger partial charge in [0.25, 0.3) is 0 Å². The third-order valence-corrected chi connectivity index (χ3v) is 12.9. The Labute approximate surface area is 357 Å². The number of fused-ring (bicyclic) bond motifs is 10. The van der Waals surface area contributed by atoms with Crippen LogP contribution in [0.1, 0.15) is 75.6 Å². The second-order valence-electron chi connectivity index (χ2n) is 17.6. The van der Waals surface area contributed by atoms with Crippen molar-refractivity contribution in [3.05, 3.63) is 204 Å². The maximum Gasteiger partial charge on any atom is 0.123 e. The second-order valence-corrected chi connectivity index (χ2v) is 17.6. The van der Waals surface area contributed by atoms with Crippen molar-refractivity contribution < 1.29 is 8.78 Å². The highest BCUT2D eigenvalue weighted by Gasteiger charge is 2.41.